The molecule has 0 saturated heterocycles. The molecular formula is C25H24FNO4. The summed E-state index contributed by atoms with van der Waals surface area (Å²) >= 11 is 0. The summed E-state index contributed by atoms with van der Waals surface area (Å²) in [5.41, 5.74) is 2.87. The molecule has 1 aliphatic carbocycles. The number of benzene rings is 2. The second kappa shape index (κ2) is 9.16. The third kappa shape index (κ3) is 4.53. The van der Waals surface area contributed by atoms with Crippen LogP contribution in [0.1, 0.15) is 37.7 Å². The zero-order valence-electron chi connectivity index (χ0n) is 17.3. The predicted octanol–water partition coefficient (Wildman–Crippen LogP) is 4.42. The summed E-state index contributed by atoms with van der Waals surface area (Å²) in [7, 11) is 0. The van der Waals surface area contributed by atoms with Crippen LogP contribution >= 0.6 is 0 Å². The summed E-state index contributed by atoms with van der Waals surface area (Å²) in [5.74, 6) is -0.937. The van der Waals surface area contributed by atoms with Crippen molar-refractivity contribution in [3.63, 3.8) is 0 Å². The lowest BCUT2D eigenvalue weighted by Crippen LogP contribution is -2.34. The van der Waals surface area contributed by atoms with Gasteiger partial charge in [-0.1, -0.05) is 30.3 Å². The van der Waals surface area contributed by atoms with Crippen molar-refractivity contribution < 1.29 is 23.5 Å². The lowest BCUT2D eigenvalue weighted by molar-refractivity contribution is -0.140. The van der Waals surface area contributed by atoms with Gasteiger partial charge in [0, 0.05) is 29.3 Å². The van der Waals surface area contributed by atoms with E-state index in [9.17, 15) is 14.0 Å². The normalized spacial score (nSPS) is 18.4. The minimum atomic E-state index is -0.651. The van der Waals surface area contributed by atoms with Gasteiger partial charge in [0.1, 0.15) is 24.8 Å². The highest BCUT2D eigenvalue weighted by Gasteiger charge is 2.39. The molecule has 0 bridgehead atoms. The van der Waals surface area contributed by atoms with Crippen LogP contribution in [0.3, 0.4) is 0 Å². The molecule has 0 spiro atoms. The molecule has 6 heteroatoms. The van der Waals surface area contributed by atoms with Gasteiger partial charge in [-0.15, -0.1) is 0 Å². The van der Waals surface area contributed by atoms with Crippen LogP contribution in [-0.4, -0.2) is 25.0 Å². The molecule has 0 amide bonds. The number of hydrogen-bond donors (Lipinski definition) is 1. The fourth-order valence-corrected chi connectivity index (χ4v) is 4.16. The minimum Gasteiger partial charge on any atom is -0.490 e. The monoisotopic (exact) mass is 421 g/mol. The van der Waals surface area contributed by atoms with Crippen LogP contribution in [0.4, 0.5) is 4.39 Å². The van der Waals surface area contributed by atoms with Gasteiger partial charge in [0.05, 0.1) is 5.57 Å². The minimum absolute atomic E-state index is 0.0202. The van der Waals surface area contributed by atoms with Crippen LogP contribution in [0.25, 0.3) is 0 Å². The fraction of sp³-hybridized carbons (Fsp3) is 0.280. The molecule has 1 unspecified atom stereocenters. The van der Waals surface area contributed by atoms with E-state index in [1.807, 2.05) is 30.3 Å². The number of esters is 1. The second-order valence-electron chi connectivity index (χ2n) is 7.62. The molecular weight excluding hydrogens is 397 g/mol. The second-order valence-corrected chi connectivity index (χ2v) is 7.62. The number of para-hydroxylation sites is 1. The molecule has 1 atom stereocenters. The van der Waals surface area contributed by atoms with Crippen molar-refractivity contribution >= 4 is 11.8 Å². The Morgan fingerprint density at radius 3 is 2.68 bits per heavy atom. The summed E-state index contributed by atoms with van der Waals surface area (Å²) in [6.45, 7) is 2.04. The van der Waals surface area contributed by atoms with Crippen molar-refractivity contribution in [2.75, 3.05) is 13.2 Å². The lowest BCUT2D eigenvalue weighted by atomic mass is 9.75. The van der Waals surface area contributed by atoms with E-state index in [-0.39, 0.29) is 19.0 Å². The summed E-state index contributed by atoms with van der Waals surface area (Å²) in [4.78, 5) is 25.9. The number of halogens is 1. The molecule has 2 aromatic rings. The number of ether oxygens (including phenoxy) is 2. The Balaban J connectivity index is 1.56. The highest BCUT2D eigenvalue weighted by Crippen LogP contribution is 2.42. The van der Waals surface area contributed by atoms with Gasteiger partial charge in [0.15, 0.2) is 5.78 Å². The van der Waals surface area contributed by atoms with Gasteiger partial charge in [-0.05, 0) is 49.6 Å². The lowest BCUT2D eigenvalue weighted by Gasteiger charge is -2.34. The van der Waals surface area contributed by atoms with Crippen LogP contribution in [0.5, 0.6) is 5.75 Å². The van der Waals surface area contributed by atoms with E-state index in [1.165, 1.54) is 12.1 Å². The van der Waals surface area contributed by atoms with Gasteiger partial charge in [0.25, 0.3) is 0 Å². The Morgan fingerprint density at radius 1 is 1.10 bits per heavy atom. The quantitative estimate of drug-likeness (QED) is 0.553. The number of ketones is 1. The van der Waals surface area contributed by atoms with Crippen LogP contribution in [-0.2, 0) is 14.3 Å². The SMILES string of the molecule is CC1=C(C(=O)OCCOc2ccccc2)C(c2cccc(F)c2)C2=C(CCCC2=O)N1. The van der Waals surface area contributed by atoms with E-state index >= 15 is 0 Å². The first-order chi connectivity index (χ1) is 15.0. The Morgan fingerprint density at radius 2 is 1.90 bits per heavy atom. The molecule has 160 valence electrons. The zero-order chi connectivity index (χ0) is 21.8. The van der Waals surface area contributed by atoms with Crippen molar-refractivity contribution in [3.8, 4) is 5.75 Å². The van der Waals surface area contributed by atoms with Gasteiger partial charge in [-0.2, -0.15) is 0 Å². The van der Waals surface area contributed by atoms with Crippen LogP contribution in [0, 0.1) is 5.82 Å². The number of rotatable bonds is 6. The number of allylic oxidation sites excluding steroid dienone is 3. The molecule has 1 heterocycles. The van der Waals surface area contributed by atoms with Gasteiger partial charge < -0.3 is 14.8 Å². The van der Waals surface area contributed by atoms with Gasteiger partial charge in [0.2, 0.25) is 0 Å². The van der Waals surface area contributed by atoms with Gasteiger partial charge in [-0.25, -0.2) is 9.18 Å². The molecule has 4 rings (SSSR count). The Labute approximate surface area is 180 Å². The topological polar surface area (TPSA) is 64.6 Å². The number of Topliss-reactive ketones (excluding diaryl/α,β-unsaturated/α-hetero) is 1. The molecule has 0 fully saturated rings. The maximum Gasteiger partial charge on any atom is 0.336 e. The van der Waals surface area contributed by atoms with Crippen LogP contribution < -0.4 is 10.1 Å². The largest absolute Gasteiger partial charge is 0.490 e. The van der Waals surface area contributed by atoms with Gasteiger partial charge in [-0.3, -0.25) is 4.79 Å². The first-order valence-corrected chi connectivity index (χ1v) is 10.4. The number of nitrogens with one attached hydrogen (secondary N) is 1. The first-order valence-electron chi connectivity index (χ1n) is 10.4. The smallest absolute Gasteiger partial charge is 0.336 e. The Hall–Kier alpha value is -3.41. The number of hydrogen-bond acceptors (Lipinski definition) is 5. The average Bonchev–Trinajstić information content (AvgIpc) is 2.76. The Bertz CT molecular complexity index is 1060. The van der Waals surface area contributed by atoms with E-state index in [0.717, 1.165) is 18.5 Å². The first kappa shape index (κ1) is 20.8. The molecule has 0 saturated carbocycles. The molecule has 0 aromatic heterocycles. The van der Waals surface area contributed by atoms with E-state index < -0.39 is 17.7 Å². The van der Waals surface area contributed by atoms with Crippen molar-refractivity contribution in [2.24, 2.45) is 0 Å². The maximum atomic E-state index is 14.0. The highest BCUT2D eigenvalue weighted by atomic mass is 19.1. The maximum absolute atomic E-state index is 14.0. The Kier molecular flexibility index (Phi) is 6.16. The standard InChI is InChI=1S/C25H24FNO4/c1-16-22(25(29)31-14-13-30-19-9-3-2-4-10-19)23(17-7-5-8-18(26)15-17)24-20(27-16)11-6-12-21(24)28/h2-5,7-10,15,23,27H,6,11-14H2,1H3. The summed E-state index contributed by atoms with van der Waals surface area (Å²) in [6, 6.07) is 15.3. The molecule has 2 aromatic carbocycles. The number of carbonyl (C=O) groups excluding carboxylic acids is 2. The van der Waals surface area contributed by atoms with E-state index in [4.69, 9.17) is 9.47 Å². The fourth-order valence-electron chi connectivity index (χ4n) is 4.16. The molecule has 2 aliphatic rings. The molecule has 1 aliphatic heterocycles. The summed E-state index contributed by atoms with van der Waals surface area (Å²) in [6.07, 6.45) is 1.89. The van der Waals surface area contributed by atoms with E-state index in [2.05, 4.69) is 5.32 Å². The number of dihydropyridines is 1. The van der Waals surface area contributed by atoms with E-state index in [0.29, 0.717) is 34.6 Å². The summed E-state index contributed by atoms with van der Waals surface area (Å²) < 4.78 is 25.1. The molecule has 1 N–H and O–H groups in total. The van der Waals surface area contributed by atoms with E-state index in [1.54, 1.807) is 19.1 Å². The number of carbonyl (C=O) groups is 2. The zero-order valence-corrected chi connectivity index (χ0v) is 17.3. The van der Waals surface area contributed by atoms with Gasteiger partial charge >= 0.3 is 5.97 Å². The average molecular weight is 421 g/mol. The van der Waals surface area contributed by atoms with Crippen LogP contribution in [0.2, 0.25) is 0 Å². The highest BCUT2D eigenvalue weighted by molar-refractivity contribution is 6.03. The third-order valence-corrected chi connectivity index (χ3v) is 5.51. The van der Waals surface area contributed by atoms with Crippen molar-refractivity contribution in [3.05, 3.63) is 88.5 Å². The van der Waals surface area contributed by atoms with Crippen molar-refractivity contribution in [2.45, 2.75) is 32.1 Å². The predicted molar refractivity (Wildman–Crippen MR) is 114 cm³/mol. The van der Waals surface area contributed by atoms with Crippen molar-refractivity contribution in [1.82, 2.24) is 5.32 Å². The third-order valence-electron chi connectivity index (χ3n) is 5.51. The summed E-state index contributed by atoms with van der Waals surface area (Å²) in [5, 5.41) is 3.22. The molecule has 31 heavy (non-hydrogen) atoms. The molecule has 5 nitrogen and oxygen atoms in total. The molecule has 0 radical (unpaired) electrons. The van der Waals surface area contributed by atoms with Crippen molar-refractivity contribution in [1.29, 1.82) is 0 Å². The van der Waals surface area contributed by atoms with Crippen LogP contribution in [0.15, 0.2) is 77.1 Å².